The van der Waals surface area contributed by atoms with E-state index < -0.39 is 68.5 Å². The zero-order valence-electron chi connectivity index (χ0n) is 27.1. The highest BCUT2D eigenvalue weighted by Gasteiger charge is 2.48. The van der Waals surface area contributed by atoms with Crippen molar-refractivity contribution in [3.05, 3.63) is 124 Å². The van der Waals surface area contributed by atoms with E-state index in [1.165, 1.54) is 29.5 Å². The monoisotopic (exact) mass is 728 g/mol. The summed E-state index contributed by atoms with van der Waals surface area (Å²) in [6.45, 7) is -0.593. The SMILES string of the molecule is O=C(O)c1ccc(N(Cc2ccc(C3CCCCC3)cc2)C(=O)[C@H]2CCN2S(=O)(=O)c2c(F)c(F)c(F)c(F)c2F)cc1OCc1ccccc1. The summed E-state index contributed by atoms with van der Waals surface area (Å²) in [5, 5.41) is 9.87. The van der Waals surface area contributed by atoms with E-state index in [9.17, 15) is 45.1 Å². The first-order valence-electron chi connectivity index (χ1n) is 16.4. The number of carbonyl (C=O) groups is 2. The Morgan fingerprint density at radius 2 is 1.41 bits per heavy atom. The predicted octanol–water partition coefficient (Wildman–Crippen LogP) is 7.70. The van der Waals surface area contributed by atoms with Crippen LogP contribution in [0.2, 0.25) is 0 Å². The largest absolute Gasteiger partial charge is 0.488 e. The molecule has 1 saturated carbocycles. The van der Waals surface area contributed by atoms with Crippen molar-refractivity contribution in [3.8, 4) is 5.75 Å². The van der Waals surface area contributed by atoms with E-state index in [1.807, 2.05) is 24.3 Å². The molecule has 268 valence electrons. The summed E-state index contributed by atoms with van der Waals surface area (Å²) in [7, 11) is -5.40. The van der Waals surface area contributed by atoms with Crippen LogP contribution in [0.15, 0.2) is 77.7 Å². The van der Waals surface area contributed by atoms with Gasteiger partial charge in [0.2, 0.25) is 21.7 Å². The first kappa shape index (κ1) is 36.0. The fourth-order valence-corrected chi connectivity index (χ4v) is 8.27. The average Bonchev–Trinajstić information content (AvgIpc) is 3.11. The molecule has 1 amide bonds. The number of benzene rings is 4. The van der Waals surface area contributed by atoms with Gasteiger partial charge in [-0.15, -0.1) is 0 Å². The van der Waals surface area contributed by atoms with Crippen LogP contribution in [0.1, 0.15) is 71.5 Å². The number of carbonyl (C=O) groups excluding carboxylic acids is 1. The number of aromatic carboxylic acids is 1. The first-order valence-corrected chi connectivity index (χ1v) is 17.8. The van der Waals surface area contributed by atoms with Gasteiger partial charge in [0.1, 0.15) is 24.0 Å². The van der Waals surface area contributed by atoms with Gasteiger partial charge in [-0.2, -0.15) is 4.31 Å². The van der Waals surface area contributed by atoms with Gasteiger partial charge in [0, 0.05) is 18.3 Å². The minimum Gasteiger partial charge on any atom is -0.488 e. The Balaban J connectivity index is 1.36. The van der Waals surface area contributed by atoms with Crippen molar-refractivity contribution in [3.63, 3.8) is 0 Å². The number of nitrogens with zero attached hydrogens (tertiary/aromatic N) is 2. The standard InChI is InChI=1S/C37H33F5N2O6S/c38-30-31(39)33(41)35(34(42)32(30)40)51(48,49)44-18-17-28(44)36(45)43(20-22-11-13-25(14-12-22)24-9-5-2-6-10-24)26-15-16-27(37(46)47)29(19-26)50-21-23-7-3-1-4-8-23/h1,3-4,7-8,11-16,19,24,28H,2,5-6,9-10,17-18,20-21H2,(H,46,47)/t28-/m1/s1. The number of carboxylic acids is 1. The molecule has 14 heteroatoms. The Kier molecular flexibility index (Phi) is 10.4. The Bertz CT molecular complexity index is 2030. The summed E-state index contributed by atoms with van der Waals surface area (Å²) in [6.07, 6.45) is 5.42. The maximum atomic E-state index is 14.7. The van der Waals surface area contributed by atoms with Crippen LogP contribution in [0, 0.1) is 29.1 Å². The van der Waals surface area contributed by atoms with E-state index in [1.54, 1.807) is 30.3 Å². The Morgan fingerprint density at radius 3 is 2.00 bits per heavy atom. The second-order valence-corrected chi connectivity index (χ2v) is 14.4. The van der Waals surface area contributed by atoms with Gasteiger partial charge >= 0.3 is 5.97 Å². The van der Waals surface area contributed by atoms with Gasteiger partial charge in [0.25, 0.3) is 0 Å². The number of hydrogen-bond acceptors (Lipinski definition) is 5. The van der Waals surface area contributed by atoms with Crippen LogP contribution in [0.4, 0.5) is 27.6 Å². The summed E-state index contributed by atoms with van der Waals surface area (Å²) < 4.78 is 104. The zero-order chi connectivity index (χ0) is 36.4. The normalized spacial score (nSPS) is 16.8. The second-order valence-electron chi connectivity index (χ2n) is 12.6. The highest BCUT2D eigenvalue weighted by Crippen LogP contribution is 2.37. The minimum absolute atomic E-state index is 0.0162. The van der Waals surface area contributed by atoms with E-state index >= 15 is 0 Å². The summed E-state index contributed by atoms with van der Waals surface area (Å²) in [4.78, 5) is 25.5. The van der Waals surface area contributed by atoms with E-state index in [0.29, 0.717) is 15.8 Å². The molecule has 0 spiro atoms. The number of amides is 1. The van der Waals surface area contributed by atoms with Crippen LogP contribution in [-0.2, 0) is 28.0 Å². The molecular weight excluding hydrogens is 695 g/mol. The average molecular weight is 729 g/mol. The molecule has 51 heavy (non-hydrogen) atoms. The van der Waals surface area contributed by atoms with E-state index in [4.69, 9.17) is 4.74 Å². The third-order valence-corrected chi connectivity index (χ3v) is 11.3. The first-order chi connectivity index (χ1) is 24.4. The van der Waals surface area contributed by atoms with Crippen LogP contribution < -0.4 is 9.64 Å². The summed E-state index contributed by atoms with van der Waals surface area (Å²) in [5.74, 6) is -14.3. The van der Waals surface area contributed by atoms with Gasteiger partial charge in [-0.05, 0) is 54.0 Å². The maximum absolute atomic E-state index is 14.7. The second kappa shape index (κ2) is 14.8. The molecule has 0 bridgehead atoms. The number of sulfonamides is 1. The van der Waals surface area contributed by atoms with Gasteiger partial charge in [-0.1, -0.05) is 73.9 Å². The Morgan fingerprint density at radius 1 is 0.784 bits per heavy atom. The highest BCUT2D eigenvalue weighted by atomic mass is 32.2. The molecule has 1 aliphatic heterocycles. The summed E-state index contributed by atoms with van der Waals surface area (Å²) in [5.41, 5.74) is 2.40. The number of hydrogen-bond donors (Lipinski definition) is 1. The fourth-order valence-electron chi connectivity index (χ4n) is 6.53. The van der Waals surface area contributed by atoms with Crippen molar-refractivity contribution in [2.24, 2.45) is 0 Å². The lowest BCUT2D eigenvalue weighted by Gasteiger charge is -2.41. The molecule has 1 atom stereocenters. The van der Waals surface area contributed by atoms with Crippen LogP contribution in [0.3, 0.4) is 0 Å². The van der Waals surface area contributed by atoms with Crippen molar-refractivity contribution in [1.29, 1.82) is 0 Å². The van der Waals surface area contributed by atoms with Crippen LogP contribution in [-0.4, -0.2) is 42.3 Å². The predicted molar refractivity (Wildman–Crippen MR) is 176 cm³/mol. The Labute approximate surface area is 291 Å². The third kappa shape index (κ3) is 7.20. The summed E-state index contributed by atoms with van der Waals surface area (Å²) >= 11 is 0. The maximum Gasteiger partial charge on any atom is 0.339 e. The van der Waals surface area contributed by atoms with Crippen molar-refractivity contribution < 1.29 is 49.8 Å². The molecule has 2 fully saturated rings. The van der Waals surface area contributed by atoms with Gasteiger partial charge in [0.15, 0.2) is 28.2 Å². The van der Waals surface area contributed by atoms with Crippen LogP contribution in [0.25, 0.3) is 0 Å². The lowest BCUT2D eigenvalue weighted by molar-refractivity contribution is -0.125. The number of carboxylic acid groups (broad SMARTS) is 1. The highest BCUT2D eigenvalue weighted by molar-refractivity contribution is 7.89. The smallest absolute Gasteiger partial charge is 0.339 e. The van der Waals surface area contributed by atoms with Crippen molar-refractivity contribution in [1.82, 2.24) is 4.31 Å². The molecule has 1 saturated heterocycles. The van der Waals surface area contributed by atoms with Gasteiger partial charge < -0.3 is 14.7 Å². The van der Waals surface area contributed by atoms with Crippen molar-refractivity contribution in [2.45, 2.75) is 68.5 Å². The molecule has 6 rings (SSSR count). The third-order valence-electron chi connectivity index (χ3n) is 9.40. The lowest BCUT2D eigenvalue weighted by Crippen LogP contribution is -2.59. The molecule has 4 aromatic rings. The topological polar surface area (TPSA) is 104 Å². The number of anilines is 1. The Hall–Kier alpha value is -4.82. The fraction of sp³-hybridized carbons (Fsp3) is 0.297. The van der Waals surface area contributed by atoms with Crippen molar-refractivity contribution >= 4 is 27.6 Å². The van der Waals surface area contributed by atoms with Crippen molar-refractivity contribution in [2.75, 3.05) is 11.4 Å². The van der Waals surface area contributed by atoms with E-state index in [2.05, 4.69) is 0 Å². The molecular formula is C37H33F5N2O6S. The number of halogens is 5. The number of rotatable bonds is 11. The molecule has 0 radical (unpaired) electrons. The molecule has 8 nitrogen and oxygen atoms in total. The van der Waals surface area contributed by atoms with E-state index in [-0.39, 0.29) is 36.6 Å². The van der Waals surface area contributed by atoms with Gasteiger partial charge in [-0.3, -0.25) is 4.79 Å². The lowest BCUT2D eigenvalue weighted by atomic mass is 9.84. The van der Waals surface area contributed by atoms with Crippen LogP contribution in [0.5, 0.6) is 5.75 Å². The van der Waals surface area contributed by atoms with Gasteiger partial charge in [-0.25, -0.2) is 35.2 Å². The molecule has 2 aliphatic rings. The quantitative estimate of drug-likeness (QED) is 0.0965. The van der Waals surface area contributed by atoms with Crippen LogP contribution >= 0.6 is 0 Å². The van der Waals surface area contributed by atoms with E-state index in [0.717, 1.165) is 36.8 Å². The van der Waals surface area contributed by atoms with Gasteiger partial charge in [0.05, 0.1) is 6.54 Å². The molecule has 1 heterocycles. The zero-order valence-corrected chi connectivity index (χ0v) is 27.9. The molecule has 1 aliphatic carbocycles. The molecule has 4 aromatic carbocycles. The molecule has 0 unspecified atom stereocenters. The minimum atomic E-state index is -5.40. The number of ether oxygens (including phenoxy) is 1. The molecule has 0 aromatic heterocycles. The molecule has 1 N–H and O–H groups in total. The summed E-state index contributed by atoms with van der Waals surface area (Å²) in [6, 6.07) is 18.8.